The molecule has 0 atom stereocenters. The number of nitrogens with zero attached hydrogens (tertiary/aromatic N) is 2. The summed E-state index contributed by atoms with van der Waals surface area (Å²) in [5.74, 6) is 2.46. The molecular formula is C21H21N5O3. The summed E-state index contributed by atoms with van der Waals surface area (Å²) in [6.07, 6.45) is 0. The van der Waals surface area contributed by atoms with Gasteiger partial charge in [0, 0.05) is 41.8 Å². The van der Waals surface area contributed by atoms with Crippen LogP contribution in [-0.2, 0) is 4.79 Å². The van der Waals surface area contributed by atoms with Crippen molar-refractivity contribution in [1.82, 2.24) is 9.97 Å². The van der Waals surface area contributed by atoms with E-state index in [2.05, 4.69) is 25.9 Å². The van der Waals surface area contributed by atoms with Crippen molar-refractivity contribution < 1.29 is 14.3 Å². The molecule has 0 spiro atoms. The smallest absolute Gasteiger partial charge is 0.229 e. The number of hydrogen-bond donors (Lipinski definition) is 3. The Morgan fingerprint density at radius 2 is 1.55 bits per heavy atom. The summed E-state index contributed by atoms with van der Waals surface area (Å²) in [5, 5.41) is 9.20. The van der Waals surface area contributed by atoms with E-state index in [0.29, 0.717) is 30.7 Å². The molecular weight excluding hydrogens is 370 g/mol. The Balaban J connectivity index is 1.49. The normalized spacial score (nSPS) is 12.2. The van der Waals surface area contributed by atoms with Crippen LogP contribution >= 0.6 is 0 Å². The molecule has 0 saturated heterocycles. The lowest BCUT2D eigenvalue weighted by molar-refractivity contribution is -0.114. The van der Waals surface area contributed by atoms with Crippen LogP contribution in [-0.4, -0.2) is 29.1 Å². The van der Waals surface area contributed by atoms with E-state index in [9.17, 15) is 4.79 Å². The minimum Gasteiger partial charge on any atom is -0.486 e. The maximum absolute atomic E-state index is 11.1. The van der Waals surface area contributed by atoms with E-state index in [1.165, 1.54) is 6.92 Å². The zero-order valence-corrected chi connectivity index (χ0v) is 16.2. The third kappa shape index (κ3) is 4.73. The fraction of sp³-hybridized carbons (Fsp3) is 0.190. The Kier molecular flexibility index (Phi) is 5.15. The highest BCUT2D eigenvalue weighted by molar-refractivity contribution is 5.88. The van der Waals surface area contributed by atoms with Crippen molar-refractivity contribution in [1.29, 1.82) is 0 Å². The minimum atomic E-state index is -0.105. The molecule has 0 fully saturated rings. The van der Waals surface area contributed by atoms with Crippen LogP contribution in [0.3, 0.4) is 0 Å². The number of nitrogens with one attached hydrogen (secondary N) is 3. The van der Waals surface area contributed by atoms with Crippen molar-refractivity contribution in [3.8, 4) is 11.5 Å². The van der Waals surface area contributed by atoms with Gasteiger partial charge in [-0.25, -0.2) is 4.98 Å². The predicted molar refractivity (Wildman–Crippen MR) is 112 cm³/mol. The first-order chi connectivity index (χ1) is 14.0. The first-order valence-electron chi connectivity index (χ1n) is 9.22. The molecule has 29 heavy (non-hydrogen) atoms. The zero-order valence-electron chi connectivity index (χ0n) is 16.2. The molecule has 8 heteroatoms. The molecule has 0 radical (unpaired) electrons. The Morgan fingerprint density at radius 3 is 2.31 bits per heavy atom. The summed E-state index contributed by atoms with van der Waals surface area (Å²) in [6.45, 7) is 4.47. The Labute approximate surface area is 168 Å². The van der Waals surface area contributed by atoms with Crippen molar-refractivity contribution in [2.24, 2.45) is 0 Å². The fourth-order valence-electron chi connectivity index (χ4n) is 2.93. The monoisotopic (exact) mass is 391 g/mol. The molecule has 8 nitrogen and oxygen atoms in total. The highest BCUT2D eigenvalue weighted by Crippen LogP contribution is 2.33. The van der Waals surface area contributed by atoms with Crippen LogP contribution in [0, 0.1) is 6.92 Å². The van der Waals surface area contributed by atoms with Crippen LogP contribution in [0.4, 0.5) is 28.8 Å². The highest BCUT2D eigenvalue weighted by atomic mass is 16.6. The first kappa shape index (κ1) is 18.5. The maximum atomic E-state index is 11.1. The summed E-state index contributed by atoms with van der Waals surface area (Å²) in [7, 11) is 0. The van der Waals surface area contributed by atoms with E-state index in [4.69, 9.17) is 9.47 Å². The quantitative estimate of drug-likeness (QED) is 0.605. The summed E-state index contributed by atoms with van der Waals surface area (Å²) in [5.41, 5.74) is 3.22. The number of ether oxygens (including phenoxy) is 2. The third-order valence-corrected chi connectivity index (χ3v) is 4.13. The van der Waals surface area contributed by atoms with Gasteiger partial charge in [0.25, 0.3) is 0 Å². The second-order valence-electron chi connectivity index (χ2n) is 6.59. The van der Waals surface area contributed by atoms with Crippen molar-refractivity contribution in [3.05, 3.63) is 54.2 Å². The van der Waals surface area contributed by atoms with Crippen LogP contribution in [0.1, 0.15) is 12.6 Å². The Bertz CT molecular complexity index is 1040. The molecule has 0 aliphatic carbocycles. The third-order valence-electron chi connectivity index (χ3n) is 4.13. The number of aryl methyl sites for hydroxylation is 1. The Hall–Kier alpha value is -3.81. The van der Waals surface area contributed by atoms with Crippen molar-refractivity contribution in [3.63, 3.8) is 0 Å². The van der Waals surface area contributed by atoms with Crippen molar-refractivity contribution in [2.75, 3.05) is 29.2 Å². The number of anilines is 5. The molecule has 1 amide bonds. The average molecular weight is 391 g/mol. The van der Waals surface area contributed by atoms with E-state index in [1.54, 1.807) is 0 Å². The van der Waals surface area contributed by atoms with E-state index in [-0.39, 0.29) is 5.91 Å². The van der Waals surface area contributed by atoms with Gasteiger partial charge in [0.15, 0.2) is 11.5 Å². The van der Waals surface area contributed by atoms with Gasteiger partial charge >= 0.3 is 0 Å². The van der Waals surface area contributed by atoms with Gasteiger partial charge in [-0.1, -0.05) is 0 Å². The van der Waals surface area contributed by atoms with Crippen molar-refractivity contribution >= 4 is 34.7 Å². The molecule has 3 aromatic rings. The Morgan fingerprint density at radius 1 is 0.862 bits per heavy atom. The number of amides is 1. The van der Waals surface area contributed by atoms with Gasteiger partial charge in [-0.3, -0.25) is 4.79 Å². The second kappa shape index (κ2) is 8.05. The molecule has 2 heterocycles. The first-order valence-corrected chi connectivity index (χ1v) is 9.22. The molecule has 1 aliphatic heterocycles. The SMILES string of the molecule is CC(=O)Nc1ccc(Nc2cc(C)nc(Nc3ccc4c(c3)OCCO4)n2)cc1. The molecule has 4 rings (SSSR count). The van der Waals surface area contributed by atoms with E-state index in [0.717, 1.165) is 28.5 Å². The molecule has 148 valence electrons. The molecule has 0 unspecified atom stereocenters. The van der Waals surface area contributed by atoms with Crippen LogP contribution < -0.4 is 25.4 Å². The fourth-order valence-corrected chi connectivity index (χ4v) is 2.93. The van der Waals surface area contributed by atoms with Crippen LogP contribution in [0.2, 0.25) is 0 Å². The molecule has 1 aromatic heterocycles. The van der Waals surface area contributed by atoms with Gasteiger partial charge < -0.3 is 25.4 Å². The predicted octanol–water partition coefficient (Wildman–Crippen LogP) is 4.00. The topological polar surface area (TPSA) is 97.4 Å². The van der Waals surface area contributed by atoms with Gasteiger partial charge in [0.05, 0.1) is 0 Å². The van der Waals surface area contributed by atoms with Crippen molar-refractivity contribution in [2.45, 2.75) is 13.8 Å². The summed E-state index contributed by atoms with van der Waals surface area (Å²) >= 11 is 0. The van der Waals surface area contributed by atoms with E-state index < -0.39 is 0 Å². The maximum Gasteiger partial charge on any atom is 0.229 e. The molecule has 0 saturated carbocycles. The van der Waals surface area contributed by atoms with Gasteiger partial charge in [0.2, 0.25) is 11.9 Å². The standard InChI is InChI=1S/C21H21N5O3/c1-13-11-20(24-16-5-3-15(4-6-16)23-14(2)27)26-21(22-13)25-17-7-8-18-19(12-17)29-10-9-28-18/h3-8,11-12H,9-10H2,1-2H3,(H,23,27)(H2,22,24,25,26). The minimum absolute atomic E-state index is 0.105. The summed E-state index contributed by atoms with van der Waals surface area (Å²) in [4.78, 5) is 20.1. The van der Waals surface area contributed by atoms with Gasteiger partial charge in [-0.05, 0) is 43.3 Å². The van der Waals surface area contributed by atoms with Crippen LogP contribution in [0.5, 0.6) is 11.5 Å². The van der Waals surface area contributed by atoms with Gasteiger partial charge in [-0.15, -0.1) is 0 Å². The lowest BCUT2D eigenvalue weighted by atomic mass is 10.2. The lowest BCUT2D eigenvalue weighted by Crippen LogP contribution is -2.15. The molecule has 0 bridgehead atoms. The number of carbonyl (C=O) groups is 1. The number of hydrogen-bond acceptors (Lipinski definition) is 7. The van der Waals surface area contributed by atoms with Crippen LogP contribution in [0.15, 0.2) is 48.5 Å². The highest BCUT2D eigenvalue weighted by Gasteiger charge is 2.12. The molecule has 1 aliphatic rings. The molecule has 3 N–H and O–H groups in total. The van der Waals surface area contributed by atoms with E-state index in [1.807, 2.05) is 55.5 Å². The number of benzene rings is 2. The lowest BCUT2D eigenvalue weighted by Gasteiger charge is -2.19. The number of rotatable bonds is 5. The second-order valence-corrected chi connectivity index (χ2v) is 6.59. The molecule has 2 aromatic carbocycles. The summed E-state index contributed by atoms with van der Waals surface area (Å²) < 4.78 is 11.2. The van der Waals surface area contributed by atoms with Gasteiger partial charge in [0.1, 0.15) is 19.0 Å². The van der Waals surface area contributed by atoms with Gasteiger partial charge in [-0.2, -0.15) is 4.98 Å². The number of fused-ring (bicyclic) bond motifs is 1. The summed E-state index contributed by atoms with van der Waals surface area (Å²) in [6, 6.07) is 14.9. The average Bonchev–Trinajstić information content (AvgIpc) is 2.68. The zero-order chi connectivity index (χ0) is 20.2. The van der Waals surface area contributed by atoms with Crippen LogP contribution in [0.25, 0.3) is 0 Å². The number of aromatic nitrogens is 2. The number of carbonyl (C=O) groups excluding carboxylic acids is 1. The van der Waals surface area contributed by atoms with E-state index >= 15 is 0 Å². The largest absolute Gasteiger partial charge is 0.486 e.